The van der Waals surface area contributed by atoms with Crippen molar-refractivity contribution in [3.05, 3.63) is 21.9 Å². The Morgan fingerprint density at radius 3 is 2.68 bits per heavy atom. The maximum Gasteiger partial charge on any atom is 0.233 e. The molecular formula is C13H21N3O2S. The van der Waals surface area contributed by atoms with Crippen LogP contribution in [0.15, 0.2) is 17.3 Å². The van der Waals surface area contributed by atoms with E-state index in [9.17, 15) is 4.79 Å². The average Bonchev–Trinajstić information content (AvgIpc) is 2.73. The smallest absolute Gasteiger partial charge is 0.233 e. The van der Waals surface area contributed by atoms with Crippen molar-refractivity contribution in [2.75, 3.05) is 0 Å². The van der Waals surface area contributed by atoms with E-state index >= 15 is 0 Å². The lowest BCUT2D eigenvalue weighted by Gasteiger charge is -2.24. The van der Waals surface area contributed by atoms with E-state index in [0.717, 1.165) is 6.42 Å². The van der Waals surface area contributed by atoms with Crippen LogP contribution in [0.25, 0.3) is 0 Å². The normalized spacial score (nSPS) is 14.2. The van der Waals surface area contributed by atoms with E-state index in [0.29, 0.717) is 0 Å². The number of carbonyl (C=O) groups is 1. The van der Waals surface area contributed by atoms with Crippen molar-refractivity contribution in [3.8, 4) is 0 Å². The summed E-state index contributed by atoms with van der Waals surface area (Å²) in [6, 6.07) is 4.13. The van der Waals surface area contributed by atoms with Crippen molar-refractivity contribution < 1.29 is 10.0 Å². The van der Waals surface area contributed by atoms with Crippen molar-refractivity contribution in [1.82, 2.24) is 5.32 Å². The van der Waals surface area contributed by atoms with Gasteiger partial charge >= 0.3 is 0 Å². The van der Waals surface area contributed by atoms with Crippen LogP contribution >= 0.6 is 11.3 Å². The Labute approximate surface area is 117 Å². The summed E-state index contributed by atoms with van der Waals surface area (Å²) < 4.78 is 0. The third-order valence-electron chi connectivity index (χ3n) is 3.00. The molecule has 4 N–H and O–H groups in total. The number of nitrogens with two attached hydrogens (primary N) is 1. The number of hydrogen-bond donors (Lipinski definition) is 3. The molecule has 0 saturated carbocycles. The second-order valence-corrected chi connectivity index (χ2v) is 6.57. The molecule has 1 unspecified atom stereocenters. The fraction of sp³-hybridized carbons (Fsp3) is 0.538. The van der Waals surface area contributed by atoms with Gasteiger partial charge in [-0.3, -0.25) is 4.79 Å². The highest BCUT2D eigenvalue weighted by Crippen LogP contribution is 2.18. The lowest BCUT2D eigenvalue weighted by atomic mass is 9.90. The van der Waals surface area contributed by atoms with Gasteiger partial charge in [-0.05, 0) is 39.8 Å². The molecule has 1 atom stereocenters. The number of oxime groups is 1. The summed E-state index contributed by atoms with van der Waals surface area (Å²) in [5.74, 6) is -0.340. The van der Waals surface area contributed by atoms with Crippen molar-refractivity contribution >= 4 is 23.1 Å². The van der Waals surface area contributed by atoms with Crippen LogP contribution in [-0.4, -0.2) is 23.0 Å². The number of thiophene rings is 1. The first-order chi connectivity index (χ1) is 8.77. The Kier molecular flexibility index (Phi) is 4.94. The molecule has 106 valence electrons. The third kappa shape index (κ3) is 3.96. The van der Waals surface area contributed by atoms with Crippen LogP contribution in [0.3, 0.4) is 0 Å². The van der Waals surface area contributed by atoms with Gasteiger partial charge in [-0.15, -0.1) is 11.3 Å². The van der Waals surface area contributed by atoms with Crippen molar-refractivity contribution in [2.24, 2.45) is 16.3 Å². The molecule has 1 rings (SSSR count). The fourth-order valence-corrected chi connectivity index (χ4v) is 2.61. The second-order valence-electron chi connectivity index (χ2n) is 5.20. The SMILES string of the molecule is Cc1ccc(CC(C)NC(=O)C(C)(C)C(N)=NO)s1. The number of nitrogens with zero attached hydrogens (tertiary/aromatic N) is 1. The molecule has 19 heavy (non-hydrogen) atoms. The Bertz CT molecular complexity index is 480. The topological polar surface area (TPSA) is 87.7 Å². The molecule has 0 saturated heterocycles. The van der Waals surface area contributed by atoms with Crippen molar-refractivity contribution in [1.29, 1.82) is 0 Å². The summed E-state index contributed by atoms with van der Waals surface area (Å²) in [7, 11) is 0. The summed E-state index contributed by atoms with van der Waals surface area (Å²) in [5.41, 5.74) is 4.51. The summed E-state index contributed by atoms with van der Waals surface area (Å²) in [6.45, 7) is 7.24. The third-order valence-corrected chi connectivity index (χ3v) is 4.02. The van der Waals surface area contributed by atoms with Gasteiger partial charge in [0.25, 0.3) is 0 Å². The number of nitrogens with one attached hydrogen (secondary N) is 1. The summed E-state index contributed by atoms with van der Waals surface area (Å²) >= 11 is 1.72. The largest absolute Gasteiger partial charge is 0.409 e. The molecule has 1 aromatic rings. The van der Waals surface area contributed by atoms with Crippen LogP contribution in [0.4, 0.5) is 0 Å². The molecular weight excluding hydrogens is 262 g/mol. The Morgan fingerprint density at radius 2 is 2.21 bits per heavy atom. The van der Waals surface area contributed by atoms with E-state index in [4.69, 9.17) is 10.9 Å². The fourth-order valence-electron chi connectivity index (χ4n) is 1.59. The molecule has 0 spiro atoms. The quantitative estimate of drug-likeness (QED) is 0.334. The van der Waals surface area contributed by atoms with Gasteiger partial charge in [0, 0.05) is 22.2 Å². The van der Waals surface area contributed by atoms with E-state index in [1.54, 1.807) is 25.2 Å². The van der Waals surface area contributed by atoms with Crippen molar-refractivity contribution in [2.45, 2.75) is 40.2 Å². The number of aryl methyl sites for hydroxylation is 1. The van der Waals surface area contributed by atoms with Gasteiger partial charge in [-0.1, -0.05) is 5.16 Å². The number of rotatable bonds is 5. The van der Waals surface area contributed by atoms with E-state index < -0.39 is 5.41 Å². The van der Waals surface area contributed by atoms with Crippen LogP contribution in [0.2, 0.25) is 0 Å². The van der Waals surface area contributed by atoms with Gasteiger partial charge in [0.1, 0.15) is 5.41 Å². The molecule has 0 bridgehead atoms. The monoisotopic (exact) mass is 283 g/mol. The molecule has 0 radical (unpaired) electrons. The maximum absolute atomic E-state index is 12.1. The molecule has 6 heteroatoms. The highest BCUT2D eigenvalue weighted by atomic mass is 32.1. The number of hydrogen-bond acceptors (Lipinski definition) is 4. The Morgan fingerprint density at radius 1 is 1.58 bits per heavy atom. The van der Waals surface area contributed by atoms with Gasteiger partial charge in [0.15, 0.2) is 5.84 Å². The molecule has 1 aromatic heterocycles. The second kappa shape index (κ2) is 6.06. The molecule has 1 amide bonds. The predicted molar refractivity (Wildman–Crippen MR) is 77.6 cm³/mol. The number of amides is 1. The molecule has 1 heterocycles. The van der Waals surface area contributed by atoms with Gasteiger partial charge in [-0.2, -0.15) is 0 Å². The summed E-state index contributed by atoms with van der Waals surface area (Å²) in [5, 5.41) is 14.5. The van der Waals surface area contributed by atoms with Crippen LogP contribution in [0.5, 0.6) is 0 Å². The summed E-state index contributed by atoms with van der Waals surface area (Å²) in [6.07, 6.45) is 0.774. The van der Waals surface area contributed by atoms with Gasteiger partial charge in [0.2, 0.25) is 5.91 Å². The summed E-state index contributed by atoms with van der Waals surface area (Å²) in [4.78, 5) is 14.6. The molecule has 0 fully saturated rings. The van der Waals surface area contributed by atoms with Gasteiger partial charge < -0.3 is 16.3 Å². The van der Waals surface area contributed by atoms with E-state index in [-0.39, 0.29) is 17.8 Å². The molecule has 5 nitrogen and oxygen atoms in total. The van der Waals surface area contributed by atoms with Crippen LogP contribution in [0.1, 0.15) is 30.5 Å². The molecule has 0 aliphatic heterocycles. The van der Waals surface area contributed by atoms with Crippen LogP contribution in [-0.2, 0) is 11.2 Å². The van der Waals surface area contributed by atoms with Crippen LogP contribution < -0.4 is 11.1 Å². The molecule has 0 aliphatic rings. The number of carbonyl (C=O) groups excluding carboxylic acids is 1. The minimum atomic E-state index is -1.02. The van der Waals surface area contributed by atoms with Gasteiger partial charge in [-0.25, -0.2) is 0 Å². The van der Waals surface area contributed by atoms with E-state index in [1.807, 2.05) is 6.92 Å². The average molecular weight is 283 g/mol. The first-order valence-electron chi connectivity index (χ1n) is 6.11. The minimum absolute atomic E-state index is 0.00341. The molecule has 0 aromatic carbocycles. The van der Waals surface area contributed by atoms with E-state index in [1.165, 1.54) is 9.75 Å². The van der Waals surface area contributed by atoms with Crippen molar-refractivity contribution in [3.63, 3.8) is 0 Å². The first-order valence-corrected chi connectivity index (χ1v) is 6.93. The Balaban J connectivity index is 2.62. The highest BCUT2D eigenvalue weighted by molar-refractivity contribution is 7.11. The minimum Gasteiger partial charge on any atom is -0.409 e. The maximum atomic E-state index is 12.1. The van der Waals surface area contributed by atoms with E-state index in [2.05, 4.69) is 29.5 Å². The van der Waals surface area contributed by atoms with Gasteiger partial charge in [0.05, 0.1) is 0 Å². The Hall–Kier alpha value is -1.56. The first kappa shape index (κ1) is 15.5. The standard InChI is InChI=1S/C13H21N3O2S/c1-8(7-10-6-5-9(2)19-10)15-12(17)13(3,4)11(14)16-18/h5-6,8,18H,7H2,1-4H3,(H2,14,16)(H,15,17). The zero-order chi connectivity index (χ0) is 14.6. The lowest BCUT2D eigenvalue weighted by molar-refractivity contribution is -0.127. The predicted octanol–water partition coefficient (Wildman–Crippen LogP) is 1.88. The zero-order valence-corrected chi connectivity index (χ0v) is 12.5. The zero-order valence-electron chi connectivity index (χ0n) is 11.7. The highest BCUT2D eigenvalue weighted by Gasteiger charge is 2.33. The lowest BCUT2D eigenvalue weighted by Crippen LogP contribution is -2.48. The van der Waals surface area contributed by atoms with Crippen LogP contribution in [0, 0.1) is 12.3 Å². The number of amidine groups is 1. The molecule has 0 aliphatic carbocycles.